The van der Waals surface area contributed by atoms with Crippen molar-refractivity contribution in [3.63, 3.8) is 0 Å². The molecule has 1 aliphatic heterocycles. The summed E-state index contributed by atoms with van der Waals surface area (Å²) in [4.78, 5) is 0.202. The van der Waals surface area contributed by atoms with Gasteiger partial charge in [-0.25, -0.2) is 8.42 Å². The Labute approximate surface area is 196 Å². The Morgan fingerprint density at radius 3 is 2.25 bits per heavy atom. The first-order chi connectivity index (χ1) is 15.3. The van der Waals surface area contributed by atoms with E-state index in [0.29, 0.717) is 22.8 Å². The Hall–Kier alpha value is -2.81. The largest absolute Gasteiger partial charge is 0.497 e. The van der Waals surface area contributed by atoms with Crippen LogP contribution in [0.25, 0.3) is 5.70 Å². The maximum atomic E-state index is 13.7. The van der Waals surface area contributed by atoms with Crippen LogP contribution in [0, 0.1) is 6.92 Å². The third-order valence-corrected chi connectivity index (χ3v) is 7.53. The lowest BCUT2D eigenvalue weighted by Gasteiger charge is -2.26. The highest BCUT2D eigenvalue weighted by molar-refractivity contribution is 9.10. The average molecular weight is 515 g/mol. The molecule has 1 heterocycles. The number of halogens is 1. The van der Waals surface area contributed by atoms with E-state index in [-0.39, 0.29) is 4.90 Å². The van der Waals surface area contributed by atoms with E-state index in [1.807, 2.05) is 37.3 Å². The van der Waals surface area contributed by atoms with Gasteiger partial charge in [-0.05, 0) is 61.0 Å². The van der Waals surface area contributed by atoms with Crippen LogP contribution < -0.4 is 14.9 Å². The zero-order chi connectivity index (χ0) is 22.9. The fraction of sp³-hybridized carbons (Fsp3) is 0.167. The summed E-state index contributed by atoms with van der Waals surface area (Å²) in [6, 6.07) is 19.2. The van der Waals surface area contributed by atoms with Crippen LogP contribution in [0.3, 0.4) is 0 Å². The third-order valence-electron chi connectivity index (χ3n) is 5.30. The monoisotopic (exact) mass is 514 g/mol. The second-order valence-electron chi connectivity index (χ2n) is 7.37. The van der Waals surface area contributed by atoms with Gasteiger partial charge in [0.1, 0.15) is 11.5 Å². The fourth-order valence-electron chi connectivity index (χ4n) is 3.56. The van der Waals surface area contributed by atoms with E-state index in [9.17, 15) is 8.42 Å². The summed E-state index contributed by atoms with van der Waals surface area (Å²) in [5, 5.41) is 0. The first kappa shape index (κ1) is 22.4. The number of hydrazine groups is 1. The number of nitrogens with zero attached hydrogens (tertiary/aromatic N) is 1. The first-order valence-electron chi connectivity index (χ1n) is 9.91. The standard InChI is InChI=1S/C24H23BrN2O4S/c1-16-4-11-20(12-5-16)32(28,29)27-23(21-14-19(30-2)10-13-24(21)31-3)15-22(26-27)17-6-8-18(25)9-7-17/h4-15,23,26H,1-3H3. The molecule has 8 heteroatoms. The summed E-state index contributed by atoms with van der Waals surface area (Å²) in [5.41, 5.74) is 6.31. The molecule has 32 heavy (non-hydrogen) atoms. The van der Waals surface area contributed by atoms with Gasteiger partial charge in [-0.3, -0.25) is 0 Å². The number of hydrogen-bond acceptors (Lipinski definition) is 5. The van der Waals surface area contributed by atoms with Gasteiger partial charge in [0.25, 0.3) is 10.0 Å². The average Bonchev–Trinajstić information content (AvgIpc) is 3.25. The van der Waals surface area contributed by atoms with Crippen LogP contribution in [-0.4, -0.2) is 27.1 Å². The van der Waals surface area contributed by atoms with Gasteiger partial charge in [0.05, 0.1) is 30.9 Å². The van der Waals surface area contributed by atoms with Crippen LogP contribution >= 0.6 is 15.9 Å². The van der Waals surface area contributed by atoms with Crippen LogP contribution in [0.1, 0.15) is 22.7 Å². The molecule has 0 amide bonds. The maximum absolute atomic E-state index is 13.7. The zero-order valence-electron chi connectivity index (χ0n) is 17.9. The Morgan fingerprint density at radius 1 is 0.938 bits per heavy atom. The number of rotatable bonds is 6. The van der Waals surface area contributed by atoms with E-state index in [0.717, 1.165) is 15.6 Å². The molecule has 166 valence electrons. The van der Waals surface area contributed by atoms with Crippen molar-refractivity contribution in [3.8, 4) is 11.5 Å². The van der Waals surface area contributed by atoms with E-state index in [1.165, 1.54) is 4.41 Å². The second kappa shape index (κ2) is 8.97. The smallest absolute Gasteiger partial charge is 0.260 e. The summed E-state index contributed by atoms with van der Waals surface area (Å²) >= 11 is 3.44. The molecule has 0 fully saturated rings. The number of ether oxygens (including phenoxy) is 2. The quantitative estimate of drug-likeness (QED) is 0.497. The predicted octanol–water partition coefficient (Wildman–Crippen LogP) is 5.07. The number of hydrogen-bond donors (Lipinski definition) is 1. The van der Waals surface area contributed by atoms with Gasteiger partial charge in [0.15, 0.2) is 0 Å². The lowest BCUT2D eigenvalue weighted by Crippen LogP contribution is -2.39. The van der Waals surface area contributed by atoms with Crippen LogP contribution in [0.5, 0.6) is 11.5 Å². The lowest BCUT2D eigenvalue weighted by molar-refractivity contribution is 0.332. The molecular formula is C24H23BrN2O4S. The van der Waals surface area contributed by atoms with Crippen molar-refractivity contribution in [2.75, 3.05) is 14.2 Å². The molecule has 1 unspecified atom stereocenters. The van der Waals surface area contributed by atoms with Crippen molar-refractivity contribution in [2.45, 2.75) is 17.9 Å². The molecule has 3 aromatic rings. The Balaban J connectivity index is 1.85. The van der Waals surface area contributed by atoms with Gasteiger partial charge in [0, 0.05) is 10.0 Å². The molecule has 0 spiro atoms. The summed E-state index contributed by atoms with van der Waals surface area (Å²) in [7, 11) is -0.749. The summed E-state index contributed by atoms with van der Waals surface area (Å²) in [6.07, 6.45) is 1.88. The van der Waals surface area contributed by atoms with Gasteiger partial charge in [-0.15, -0.1) is 4.41 Å². The zero-order valence-corrected chi connectivity index (χ0v) is 20.3. The number of methoxy groups -OCH3 is 2. The summed E-state index contributed by atoms with van der Waals surface area (Å²) in [6.45, 7) is 1.92. The molecule has 0 aliphatic carbocycles. The summed E-state index contributed by atoms with van der Waals surface area (Å²) in [5.74, 6) is 1.17. The molecule has 6 nitrogen and oxygen atoms in total. The number of nitrogens with one attached hydrogen (secondary N) is 1. The van der Waals surface area contributed by atoms with Crippen LogP contribution in [0.4, 0.5) is 0 Å². The highest BCUT2D eigenvalue weighted by atomic mass is 79.9. The molecular weight excluding hydrogens is 492 g/mol. The van der Waals surface area contributed by atoms with E-state index in [4.69, 9.17) is 9.47 Å². The molecule has 4 rings (SSSR count). The minimum Gasteiger partial charge on any atom is -0.497 e. The summed E-state index contributed by atoms with van der Waals surface area (Å²) < 4.78 is 40.5. The molecule has 0 saturated heterocycles. The first-order valence-corrected chi connectivity index (χ1v) is 12.1. The molecule has 0 radical (unpaired) electrons. The van der Waals surface area contributed by atoms with E-state index < -0.39 is 16.1 Å². The van der Waals surface area contributed by atoms with E-state index in [2.05, 4.69) is 21.4 Å². The third kappa shape index (κ3) is 4.26. The number of sulfonamides is 1. The molecule has 1 atom stereocenters. The van der Waals surface area contributed by atoms with Gasteiger partial charge >= 0.3 is 0 Å². The van der Waals surface area contributed by atoms with Gasteiger partial charge in [-0.2, -0.15) is 0 Å². The van der Waals surface area contributed by atoms with Crippen molar-refractivity contribution in [3.05, 3.63) is 94.0 Å². The molecule has 1 N–H and O–H groups in total. The SMILES string of the molecule is COc1ccc(OC)c(C2C=C(c3ccc(Br)cc3)NN2S(=O)(=O)c2ccc(C)cc2)c1. The highest BCUT2D eigenvalue weighted by Gasteiger charge is 2.38. The maximum Gasteiger partial charge on any atom is 0.260 e. The number of benzene rings is 3. The lowest BCUT2D eigenvalue weighted by atomic mass is 10.0. The highest BCUT2D eigenvalue weighted by Crippen LogP contribution is 2.40. The Kier molecular flexibility index (Phi) is 6.28. The van der Waals surface area contributed by atoms with Crippen molar-refractivity contribution < 1.29 is 17.9 Å². The molecule has 0 aromatic heterocycles. The van der Waals surface area contributed by atoms with Gasteiger partial charge in [0.2, 0.25) is 0 Å². The molecule has 3 aromatic carbocycles. The topological polar surface area (TPSA) is 67.9 Å². The van der Waals surface area contributed by atoms with E-state index in [1.54, 1.807) is 56.7 Å². The minimum absolute atomic E-state index is 0.202. The van der Waals surface area contributed by atoms with Crippen molar-refractivity contribution >= 4 is 31.7 Å². The molecule has 1 aliphatic rings. The van der Waals surface area contributed by atoms with Crippen LogP contribution in [0.15, 0.2) is 82.2 Å². The van der Waals surface area contributed by atoms with Gasteiger partial charge in [-0.1, -0.05) is 45.8 Å². The van der Waals surface area contributed by atoms with Crippen LogP contribution in [-0.2, 0) is 10.0 Å². The Bertz CT molecular complexity index is 1260. The normalized spacial score (nSPS) is 16.4. The van der Waals surface area contributed by atoms with E-state index >= 15 is 0 Å². The predicted molar refractivity (Wildman–Crippen MR) is 128 cm³/mol. The second-order valence-corrected chi connectivity index (χ2v) is 10.1. The van der Waals surface area contributed by atoms with Gasteiger partial charge < -0.3 is 14.9 Å². The van der Waals surface area contributed by atoms with Crippen molar-refractivity contribution in [2.24, 2.45) is 0 Å². The van der Waals surface area contributed by atoms with Crippen molar-refractivity contribution in [1.29, 1.82) is 0 Å². The minimum atomic E-state index is -3.88. The van der Waals surface area contributed by atoms with Crippen molar-refractivity contribution in [1.82, 2.24) is 9.84 Å². The molecule has 0 bridgehead atoms. The van der Waals surface area contributed by atoms with Crippen LogP contribution in [0.2, 0.25) is 0 Å². The number of aryl methyl sites for hydroxylation is 1. The Morgan fingerprint density at radius 2 is 1.62 bits per heavy atom. The molecule has 0 saturated carbocycles. The fourth-order valence-corrected chi connectivity index (χ4v) is 5.22.